The van der Waals surface area contributed by atoms with Gasteiger partial charge >= 0.3 is 0 Å². The summed E-state index contributed by atoms with van der Waals surface area (Å²) >= 11 is 0. The van der Waals surface area contributed by atoms with E-state index in [4.69, 9.17) is 5.11 Å². The fourth-order valence-corrected chi connectivity index (χ4v) is 1.24. The molecule has 0 aromatic carbocycles. The van der Waals surface area contributed by atoms with Crippen molar-refractivity contribution < 1.29 is 10.2 Å². The first-order valence-electron chi connectivity index (χ1n) is 5.53. The number of aliphatic hydroxyl groups excluding tert-OH is 2. The van der Waals surface area contributed by atoms with Crippen LogP contribution >= 0.6 is 0 Å². The van der Waals surface area contributed by atoms with E-state index in [0.717, 1.165) is 12.8 Å². The molecule has 0 heterocycles. The molecule has 0 aromatic rings. The highest BCUT2D eigenvalue weighted by Gasteiger charge is 1.93. The second-order valence-corrected chi connectivity index (χ2v) is 3.48. The van der Waals surface area contributed by atoms with E-state index in [1.165, 1.54) is 25.7 Å². The summed E-state index contributed by atoms with van der Waals surface area (Å²) in [5.74, 6) is 0.384. The van der Waals surface area contributed by atoms with Gasteiger partial charge in [-0.15, -0.1) is 0 Å². The molecule has 0 fully saturated rings. The molecule has 0 aromatic heterocycles. The normalized spacial score (nSPS) is 11.7. The molecule has 0 saturated heterocycles. The molecule has 3 nitrogen and oxygen atoms in total. The van der Waals surface area contributed by atoms with Gasteiger partial charge in [0.15, 0.2) is 0 Å². The Labute approximate surface area is 86.8 Å². The lowest BCUT2D eigenvalue weighted by Gasteiger charge is -2.01. The zero-order valence-corrected chi connectivity index (χ0v) is 9.13. The zero-order valence-electron chi connectivity index (χ0n) is 9.13. The minimum absolute atomic E-state index is 0.0975. The zero-order chi connectivity index (χ0) is 10.6. The second-order valence-electron chi connectivity index (χ2n) is 3.48. The summed E-state index contributed by atoms with van der Waals surface area (Å²) in [5.41, 5.74) is 0. The predicted octanol–water partition coefficient (Wildman–Crippen LogP) is 2.33. The van der Waals surface area contributed by atoms with Crippen LogP contribution in [0, 0.1) is 0 Å². The van der Waals surface area contributed by atoms with Gasteiger partial charge in [-0.05, 0) is 6.42 Å². The molecule has 0 unspecified atom stereocenters. The average Bonchev–Trinajstić information content (AvgIpc) is 2.18. The number of nitrogens with one attached hydrogen (secondary N) is 1. The van der Waals surface area contributed by atoms with E-state index < -0.39 is 0 Å². The van der Waals surface area contributed by atoms with Crippen molar-refractivity contribution in [3.05, 3.63) is 12.0 Å². The third-order valence-corrected chi connectivity index (χ3v) is 2.06. The monoisotopic (exact) mass is 201 g/mol. The van der Waals surface area contributed by atoms with Crippen molar-refractivity contribution >= 4 is 0 Å². The topological polar surface area (TPSA) is 52.5 Å². The van der Waals surface area contributed by atoms with Crippen LogP contribution in [-0.4, -0.2) is 23.4 Å². The second kappa shape index (κ2) is 10.4. The number of allylic oxidation sites excluding steroid dienone is 1. The Morgan fingerprint density at radius 3 is 2.57 bits per heavy atom. The number of rotatable bonds is 9. The molecule has 0 atom stereocenters. The summed E-state index contributed by atoms with van der Waals surface area (Å²) in [6.07, 6.45) is 8.34. The van der Waals surface area contributed by atoms with Crippen LogP contribution in [0.2, 0.25) is 0 Å². The maximum absolute atomic E-state index is 9.35. The summed E-state index contributed by atoms with van der Waals surface area (Å²) < 4.78 is 0. The van der Waals surface area contributed by atoms with Crippen molar-refractivity contribution in [3.63, 3.8) is 0 Å². The lowest BCUT2D eigenvalue weighted by Crippen LogP contribution is -2.11. The quantitative estimate of drug-likeness (QED) is 0.396. The van der Waals surface area contributed by atoms with E-state index in [9.17, 15) is 5.11 Å². The minimum atomic E-state index is 0.0975. The van der Waals surface area contributed by atoms with Gasteiger partial charge in [0.25, 0.3) is 0 Å². The highest BCUT2D eigenvalue weighted by atomic mass is 16.3. The van der Waals surface area contributed by atoms with Gasteiger partial charge in [0.2, 0.25) is 0 Å². The first kappa shape index (κ1) is 13.3. The Morgan fingerprint density at radius 1 is 1.21 bits per heavy atom. The summed E-state index contributed by atoms with van der Waals surface area (Å²) in [6, 6.07) is 0. The van der Waals surface area contributed by atoms with E-state index in [1.807, 2.05) is 0 Å². The standard InChI is InChI=1S/C11H23NO2/c1-2-3-4-5-6-7-11(14)10-12-8-9-13/h10,12-14H,2-9H2,1H3/b11-10-. The molecule has 3 N–H and O–H groups in total. The van der Waals surface area contributed by atoms with Crippen LogP contribution < -0.4 is 5.32 Å². The van der Waals surface area contributed by atoms with Crippen molar-refractivity contribution in [2.24, 2.45) is 0 Å². The Hall–Kier alpha value is -0.700. The first-order chi connectivity index (χ1) is 6.81. The summed E-state index contributed by atoms with van der Waals surface area (Å²) in [6.45, 7) is 2.79. The van der Waals surface area contributed by atoms with Crippen molar-refractivity contribution in [2.75, 3.05) is 13.2 Å². The summed E-state index contributed by atoms with van der Waals surface area (Å²) in [7, 11) is 0. The van der Waals surface area contributed by atoms with Crippen molar-refractivity contribution in [1.82, 2.24) is 5.32 Å². The Kier molecular flexibility index (Phi) is 9.86. The van der Waals surface area contributed by atoms with E-state index in [0.29, 0.717) is 12.3 Å². The van der Waals surface area contributed by atoms with Gasteiger partial charge in [0.1, 0.15) is 5.76 Å². The highest BCUT2D eigenvalue weighted by molar-refractivity contribution is 4.88. The molecule has 0 bridgehead atoms. The van der Waals surface area contributed by atoms with Gasteiger partial charge in [-0.2, -0.15) is 0 Å². The van der Waals surface area contributed by atoms with Gasteiger partial charge < -0.3 is 15.5 Å². The van der Waals surface area contributed by atoms with Gasteiger partial charge in [-0.3, -0.25) is 0 Å². The van der Waals surface area contributed by atoms with Crippen LogP contribution in [0.3, 0.4) is 0 Å². The molecule has 0 aliphatic carbocycles. The van der Waals surface area contributed by atoms with Gasteiger partial charge in [0.05, 0.1) is 6.61 Å². The van der Waals surface area contributed by atoms with E-state index in [2.05, 4.69) is 12.2 Å². The fraction of sp³-hybridized carbons (Fsp3) is 0.818. The molecule has 0 radical (unpaired) electrons. The van der Waals surface area contributed by atoms with Gasteiger partial charge in [0, 0.05) is 19.2 Å². The molecule has 0 aliphatic rings. The third kappa shape index (κ3) is 9.39. The number of hydrogen-bond acceptors (Lipinski definition) is 3. The molecule has 0 saturated carbocycles. The Bertz CT molecular complexity index is 146. The first-order valence-corrected chi connectivity index (χ1v) is 5.53. The van der Waals surface area contributed by atoms with Crippen LogP contribution in [0.25, 0.3) is 0 Å². The Balaban J connectivity index is 3.25. The third-order valence-electron chi connectivity index (χ3n) is 2.06. The van der Waals surface area contributed by atoms with Crippen molar-refractivity contribution in [3.8, 4) is 0 Å². The number of hydrogen-bond donors (Lipinski definition) is 3. The van der Waals surface area contributed by atoms with Crippen molar-refractivity contribution in [1.29, 1.82) is 0 Å². The molecule has 0 rings (SSSR count). The lowest BCUT2D eigenvalue weighted by atomic mass is 10.1. The molecule has 3 heteroatoms. The largest absolute Gasteiger partial charge is 0.511 e. The van der Waals surface area contributed by atoms with Gasteiger partial charge in [-0.1, -0.05) is 32.6 Å². The van der Waals surface area contributed by atoms with E-state index >= 15 is 0 Å². The van der Waals surface area contributed by atoms with Crippen LogP contribution in [0.15, 0.2) is 12.0 Å². The summed E-state index contributed by atoms with van der Waals surface area (Å²) in [4.78, 5) is 0. The van der Waals surface area contributed by atoms with E-state index in [1.54, 1.807) is 6.20 Å². The van der Waals surface area contributed by atoms with Crippen LogP contribution in [-0.2, 0) is 0 Å². The van der Waals surface area contributed by atoms with E-state index in [-0.39, 0.29) is 6.61 Å². The molecular weight excluding hydrogens is 178 g/mol. The minimum Gasteiger partial charge on any atom is -0.511 e. The summed E-state index contributed by atoms with van der Waals surface area (Å²) in [5, 5.41) is 20.7. The lowest BCUT2D eigenvalue weighted by molar-refractivity contribution is 0.297. The number of unbranched alkanes of at least 4 members (excludes halogenated alkanes) is 4. The Morgan fingerprint density at radius 2 is 1.93 bits per heavy atom. The average molecular weight is 201 g/mol. The highest BCUT2D eigenvalue weighted by Crippen LogP contribution is 2.08. The number of aliphatic hydroxyl groups is 2. The fourth-order valence-electron chi connectivity index (χ4n) is 1.24. The predicted molar refractivity (Wildman–Crippen MR) is 59.2 cm³/mol. The molecule has 0 spiro atoms. The van der Waals surface area contributed by atoms with Crippen LogP contribution in [0.1, 0.15) is 45.4 Å². The van der Waals surface area contributed by atoms with Gasteiger partial charge in [-0.25, -0.2) is 0 Å². The maximum atomic E-state index is 9.35. The molecule has 14 heavy (non-hydrogen) atoms. The molecule has 84 valence electrons. The van der Waals surface area contributed by atoms with Crippen LogP contribution in [0.5, 0.6) is 0 Å². The SMILES string of the molecule is CCCCCCC/C(O)=C/NCCO. The molecule has 0 aliphatic heterocycles. The maximum Gasteiger partial charge on any atom is 0.108 e. The van der Waals surface area contributed by atoms with Crippen molar-refractivity contribution in [2.45, 2.75) is 45.4 Å². The molecular formula is C11H23NO2. The smallest absolute Gasteiger partial charge is 0.108 e. The van der Waals surface area contributed by atoms with Crippen LogP contribution in [0.4, 0.5) is 0 Å². The molecule has 0 amide bonds.